The average Bonchev–Trinajstić information content (AvgIpc) is 3.12. The van der Waals surface area contributed by atoms with Gasteiger partial charge in [0, 0.05) is 35.2 Å². The molecule has 0 spiro atoms. The summed E-state index contributed by atoms with van der Waals surface area (Å²) in [6.07, 6.45) is 6.57. The van der Waals surface area contributed by atoms with Crippen molar-refractivity contribution in [1.29, 1.82) is 0 Å². The first kappa shape index (κ1) is 13.2. The van der Waals surface area contributed by atoms with Gasteiger partial charge >= 0.3 is 0 Å². The van der Waals surface area contributed by atoms with Crippen molar-refractivity contribution in [3.63, 3.8) is 0 Å². The van der Waals surface area contributed by atoms with Crippen LogP contribution in [0, 0.1) is 0 Å². The highest BCUT2D eigenvalue weighted by Gasteiger charge is 2.20. The van der Waals surface area contributed by atoms with Crippen LogP contribution in [0.4, 0.5) is 0 Å². The van der Waals surface area contributed by atoms with Crippen LogP contribution in [0.25, 0.3) is 0 Å². The molecule has 0 radical (unpaired) electrons. The van der Waals surface area contributed by atoms with E-state index in [1.807, 2.05) is 24.1 Å². The highest BCUT2D eigenvalue weighted by Crippen LogP contribution is 2.31. The number of halogens is 1. The van der Waals surface area contributed by atoms with Crippen LogP contribution in [0.15, 0.2) is 44.9 Å². The lowest BCUT2D eigenvalue weighted by Gasteiger charge is -2.07. The number of nitrogens with one attached hydrogen (secondary N) is 1. The quantitative estimate of drug-likeness (QED) is 0.904. The minimum absolute atomic E-state index is 0.747. The Kier molecular flexibility index (Phi) is 3.96. The molecule has 3 rings (SSSR count). The molecule has 0 atom stereocenters. The van der Waals surface area contributed by atoms with E-state index in [0.717, 1.165) is 12.6 Å². The van der Waals surface area contributed by atoms with Gasteiger partial charge < -0.3 is 5.32 Å². The van der Waals surface area contributed by atoms with Gasteiger partial charge in [0.25, 0.3) is 0 Å². The largest absolute Gasteiger partial charge is 0.310 e. The summed E-state index contributed by atoms with van der Waals surface area (Å²) in [6, 6.07) is 7.29. The average molecular weight is 338 g/mol. The minimum Gasteiger partial charge on any atom is -0.310 e. The molecule has 19 heavy (non-hydrogen) atoms. The number of nitrogens with zero attached hydrogens (tertiary/aromatic N) is 2. The van der Waals surface area contributed by atoms with E-state index < -0.39 is 0 Å². The molecule has 5 heteroatoms. The Hall–Kier alpha value is -0.780. The van der Waals surface area contributed by atoms with Gasteiger partial charge in [-0.25, -0.2) is 0 Å². The zero-order chi connectivity index (χ0) is 13.2. The molecule has 1 aliphatic rings. The summed E-state index contributed by atoms with van der Waals surface area (Å²) >= 11 is 5.40. The smallest absolute Gasteiger partial charge is 0.0629 e. The Bertz CT molecular complexity index is 578. The Labute approximate surface area is 125 Å². The molecule has 1 aromatic heterocycles. The summed E-state index contributed by atoms with van der Waals surface area (Å²) in [5.41, 5.74) is 1.32. The molecule has 1 N–H and O–H groups in total. The zero-order valence-electron chi connectivity index (χ0n) is 10.8. The Morgan fingerprint density at radius 1 is 1.42 bits per heavy atom. The molecule has 1 aliphatic carbocycles. The van der Waals surface area contributed by atoms with Crippen molar-refractivity contribution >= 4 is 27.7 Å². The maximum atomic E-state index is 4.18. The van der Waals surface area contributed by atoms with Crippen LogP contribution >= 0.6 is 27.7 Å². The van der Waals surface area contributed by atoms with Crippen molar-refractivity contribution in [1.82, 2.24) is 15.1 Å². The van der Waals surface area contributed by atoms with Gasteiger partial charge in [-0.1, -0.05) is 33.8 Å². The zero-order valence-corrected chi connectivity index (χ0v) is 13.2. The summed E-state index contributed by atoms with van der Waals surface area (Å²) in [4.78, 5) is 2.40. The fourth-order valence-corrected chi connectivity index (χ4v) is 3.42. The second-order valence-corrected chi connectivity index (χ2v) is 6.86. The van der Waals surface area contributed by atoms with Crippen molar-refractivity contribution in [3.05, 3.63) is 40.6 Å². The topological polar surface area (TPSA) is 29.9 Å². The molecule has 3 nitrogen and oxygen atoms in total. The van der Waals surface area contributed by atoms with Gasteiger partial charge in [-0.2, -0.15) is 5.10 Å². The molecule has 0 unspecified atom stereocenters. The van der Waals surface area contributed by atoms with E-state index in [0.29, 0.717) is 0 Å². The standard InChI is InChI=1S/C14H16BrN3S/c1-18-9-13(8-17-18)19-12-5-2-10(14(15)6-12)7-16-11-3-4-11/h2,5-6,8-9,11,16H,3-4,7H2,1H3. The minimum atomic E-state index is 0.747. The van der Waals surface area contributed by atoms with Crippen molar-refractivity contribution in [2.75, 3.05) is 0 Å². The van der Waals surface area contributed by atoms with Crippen LogP contribution in [0.1, 0.15) is 18.4 Å². The van der Waals surface area contributed by atoms with Gasteiger partial charge in [-0.3, -0.25) is 4.68 Å². The van der Waals surface area contributed by atoms with Crippen molar-refractivity contribution in [2.24, 2.45) is 7.05 Å². The summed E-state index contributed by atoms with van der Waals surface area (Å²) in [5.74, 6) is 0. The third-order valence-corrected chi connectivity index (χ3v) is 4.77. The summed E-state index contributed by atoms with van der Waals surface area (Å²) in [5, 5.41) is 7.72. The van der Waals surface area contributed by atoms with E-state index in [1.54, 1.807) is 11.8 Å². The van der Waals surface area contributed by atoms with Crippen molar-refractivity contribution in [3.8, 4) is 0 Å². The van der Waals surface area contributed by atoms with E-state index in [1.165, 1.54) is 32.7 Å². The van der Waals surface area contributed by atoms with Crippen LogP contribution in [0.5, 0.6) is 0 Å². The van der Waals surface area contributed by atoms with Crippen molar-refractivity contribution < 1.29 is 0 Å². The predicted octanol–water partition coefficient (Wildman–Crippen LogP) is 3.59. The molecule has 0 saturated heterocycles. The van der Waals surface area contributed by atoms with Crippen LogP contribution in [0.3, 0.4) is 0 Å². The first-order valence-corrected chi connectivity index (χ1v) is 8.00. The molecule has 0 amide bonds. The third kappa shape index (κ3) is 3.61. The van der Waals surface area contributed by atoms with Gasteiger partial charge in [0.15, 0.2) is 0 Å². The molecule has 0 bridgehead atoms. The Morgan fingerprint density at radius 2 is 2.26 bits per heavy atom. The monoisotopic (exact) mass is 337 g/mol. The second kappa shape index (κ2) is 5.69. The maximum Gasteiger partial charge on any atom is 0.0629 e. The van der Waals surface area contributed by atoms with Crippen LogP contribution < -0.4 is 5.32 Å². The fourth-order valence-electron chi connectivity index (χ4n) is 1.86. The number of benzene rings is 1. The molecule has 1 saturated carbocycles. The number of hydrogen-bond acceptors (Lipinski definition) is 3. The number of rotatable bonds is 5. The third-order valence-electron chi connectivity index (χ3n) is 3.10. The number of aromatic nitrogens is 2. The SMILES string of the molecule is Cn1cc(Sc2ccc(CNC3CC3)c(Br)c2)cn1. The first-order chi connectivity index (χ1) is 9.20. The van der Waals surface area contributed by atoms with E-state index in [2.05, 4.69) is 44.5 Å². The van der Waals surface area contributed by atoms with Gasteiger partial charge in [0.05, 0.1) is 11.1 Å². The van der Waals surface area contributed by atoms with Gasteiger partial charge in [0.1, 0.15) is 0 Å². The summed E-state index contributed by atoms with van der Waals surface area (Å²) < 4.78 is 3.00. The molecule has 1 fully saturated rings. The Morgan fingerprint density at radius 3 is 2.89 bits per heavy atom. The molecule has 1 heterocycles. The number of aryl methyl sites for hydroxylation is 1. The number of hydrogen-bond donors (Lipinski definition) is 1. The lowest BCUT2D eigenvalue weighted by Crippen LogP contribution is -2.15. The lowest BCUT2D eigenvalue weighted by molar-refractivity contribution is 0.685. The van der Waals surface area contributed by atoms with E-state index in [4.69, 9.17) is 0 Å². The van der Waals surface area contributed by atoms with E-state index in [9.17, 15) is 0 Å². The van der Waals surface area contributed by atoms with E-state index in [-0.39, 0.29) is 0 Å². The van der Waals surface area contributed by atoms with Crippen LogP contribution in [-0.2, 0) is 13.6 Å². The Balaban J connectivity index is 1.67. The first-order valence-electron chi connectivity index (χ1n) is 6.39. The molecule has 0 aliphatic heterocycles. The molecule has 100 valence electrons. The molecule has 2 aromatic rings. The maximum absolute atomic E-state index is 4.18. The van der Waals surface area contributed by atoms with Crippen molar-refractivity contribution in [2.45, 2.75) is 35.2 Å². The van der Waals surface area contributed by atoms with Crippen LogP contribution in [-0.4, -0.2) is 15.8 Å². The summed E-state index contributed by atoms with van der Waals surface area (Å²) in [6.45, 7) is 0.948. The predicted molar refractivity (Wildman–Crippen MR) is 81.3 cm³/mol. The highest BCUT2D eigenvalue weighted by molar-refractivity contribution is 9.10. The highest BCUT2D eigenvalue weighted by atomic mass is 79.9. The molecular formula is C14H16BrN3S. The van der Waals surface area contributed by atoms with Gasteiger partial charge in [-0.15, -0.1) is 0 Å². The normalized spacial score (nSPS) is 14.8. The molecular weight excluding hydrogens is 322 g/mol. The fraction of sp³-hybridized carbons (Fsp3) is 0.357. The van der Waals surface area contributed by atoms with Gasteiger partial charge in [-0.05, 0) is 30.5 Å². The lowest BCUT2D eigenvalue weighted by atomic mass is 10.2. The van der Waals surface area contributed by atoms with E-state index >= 15 is 0 Å². The van der Waals surface area contributed by atoms with Crippen LogP contribution in [0.2, 0.25) is 0 Å². The molecule has 1 aromatic carbocycles. The second-order valence-electron chi connectivity index (χ2n) is 4.86. The van der Waals surface area contributed by atoms with Gasteiger partial charge in [0.2, 0.25) is 0 Å². The summed E-state index contributed by atoms with van der Waals surface area (Å²) in [7, 11) is 1.94.